The lowest BCUT2D eigenvalue weighted by atomic mass is 10.1. The maximum Gasteiger partial charge on any atom is 0.279 e. The Hall–Kier alpha value is -2.89. The van der Waals surface area contributed by atoms with Gasteiger partial charge in [-0.05, 0) is 61.0 Å². The Morgan fingerprint density at radius 2 is 1.50 bits per heavy atom. The van der Waals surface area contributed by atoms with E-state index in [4.69, 9.17) is 15.2 Å². The van der Waals surface area contributed by atoms with Crippen LogP contribution in [0, 0.1) is 0 Å². The Morgan fingerprint density at radius 3 is 2.19 bits per heavy atom. The number of para-hydroxylation sites is 1. The van der Waals surface area contributed by atoms with Crippen LogP contribution in [0.3, 0.4) is 0 Å². The van der Waals surface area contributed by atoms with E-state index in [0.717, 1.165) is 33.0 Å². The van der Waals surface area contributed by atoms with Crippen LogP contribution < -0.4 is 15.2 Å². The van der Waals surface area contributed by atoms with Crippen molar-refractivity contribution < 1.29 is 9.47 Å². The molecule has 130 valence electrons. The number of ether oxygens (including phenoxy) is 2. The van der Waals surface area contributed by atoms with E-state index in [2.05, 4.69) is 11.1 Å². The first-order valence-corrected chi connectivity index (χ1v) is 9.16. The molecule has 1 heterocycles. The van der Waals surface area contributed by atoms with Crippen molar-refractivity contribution >= 4 is 21.6 Å². The van der Waals surface area contributed by atoms with Crippen LogP contribution in [0.15, 0.2) is 72.8 Å². The fourth-order valence-corrected chi connectivity index (χ4v) is 3.43. The predicted octanol–water partition coefficient (Wildman–Crippen LogP) is 5.90. The molecule has 1 unspecified atom stereocenters. The molecule has 3 aromatic carbocycles. The SMILES string of the molecule is CC(N)c1ccc2nc(Oc3ccc(Oc4ccccc4)cc3)sc2c1. The largest absolute Gasteiger partial charge is 0.457 e. The summed E-state index contributed by atoms with van der Waals surface area (Å²) in [6.07, 6.45) is 0. The van der Waals surface area contributed by atoms with Crippen molar-refractivity contribution in [3.8, 4) is 22.4 Å². The molecule has 0 radical (unpaired) electrons. The second-order valence-corrected chi connectivity index (χ2v) is 6.98. The van der Waals surface area contributed by atoms with Gasteiger partial charge in [0.05, 0.1) is 10.2 Å². The van der Waals surface area contributed by atoms with E-state index in [1.54, 1.807) is 0 Å². The molecule has 0 aliphatic carbocycles. The number of benzene rings is 3. The quantitative estimate of drug-likeness (QED) is 0.480. The first-order valence-electron chi connectivity index (χ1n) is 8.34. The van der Waals surface area contributed by atoms with Gasteiger partial charge in [0.15, 0.2) is 0 Å². The number of aromatic nitrogens is 1. The van der Waals surface area contributed by atoms with E-state index in [9.17, 15) is 0 Å². The Morgan fingerprint density at radius 1 is 0.846 bits per heavy atom. The summed E-state index contributed by atoms with van der Waals surface area (Å²) in [6.45, 7) is 1.97. The van der Waals surface area contributed by atoms with E-state index in [-0.39, 0.29) is 6.04 Å². The molecule has 2 N–H and O–H groups in total. The van der Waals surface area contributed by atoms with Gasteiger partial charge in [-0.2, -0.15) is 0 Å². The summed E-state index contributed by atoms with van der Waals surface area (Å²) in [4.78, 5) is 4.52. The molecule has 0 saturated heterocycles. The van der Waals surface area contributed by atoms with Gasteiger partial charge < -0.3 is 15.2 Å². The van der Waals surface area contributed by atoms with Gasteiger partial charge in [-0.3, -0.25) is 0 Å². The molecule has 1 atom stereocenters. The minimum Gasteiger partial charge on any atom is -0.457 e. The Bertz CT molecular complexity index is 1010. The summed E-state index contributed by atoms with van der Waals surface area (Å²) >= 11 is 1.51. The van der Waals surface area contributed by atoms with Gasteiger partial charge in [0.1, 0.15) is 17.2 Å². The minimum atomic E-state index is 0.00280. The zero-order chi connectivity index (χ0) is 17.9. The number of rotatable bonds is 5. The number of hydrogen-bond donors (Lipinski definition) is 1. The van der Waals surface area contributed by atoms with Gasteiger partial charge >= 0.3 is 0 Å². The second-order valence-electron chi connectivity index (χ2n) is 5.98. The molecule has 5 heteroatoms. The lowest BCUT2D eigenvalue weighted by molar-refractivity contribution is 0.468. The third-order valence-corrected chi connectivity index (χ3v) is 4.82. The third kappa shape index (κ3) is 3.69. The molecule has 0 fully saturated rings. The first kappa shape index (κ1) is 16.6. The summed E-state index contributed by atoms with van der Waals surface area (Å²) in [5.74, 6) is 2.28. The van der Waals surface area contributed by atoms with E-state index < -0.39 is 0 Å². The summed E-state index contributed by atoms with van der Waals surface area (Å²) < 4.78 is 12.7. The van der Waals surface area contributed by atoms with Gasteiger partial charge in [0.25, 0.3) is 5.19 Å². The average Bonchev–Trinajstić information content (AvgIpc) is 3.05. The highest BCUT2D eigenvalue weighted by atomic mass is 32.1. The van der Waals surface area contributed by atoms with Gasteiger partial charge in [0, 0.05) is 6.04 Å². The summed E-state index contributed by atoms with van der Waals surface area (Å²) in [5.41, 5.74) is 7.95. The summed E-state index contributed by atoms with van der Waals surface area (Å²) in [7, 11) is 0. The van der Waals surface area contributed by atoms with Crippen LogP contribution in [0.2, 0.25) is 0 Å². The van der Waals surface area contributed by atoms with Crippen LogP contribution in [0.5, 0.6) is 22.4 Å². The van der Waals surface area contributed by atoms with Crippen LogP contribution in [-0.4, -0.2) is 4.98 Å². The van der Waals surface area contributed by atoms with Crippen LogP contribution >= 0.6 is 11.3 Å². The molecule has 0 saturated carbocycles. The van der Waals surface area contributed by atoms with E-state index in [1.807, 2.05) is 73.7 Å². The van der Waals surface area contributed by atoms with Crippen molar-refractivity contribution in [2.24, 2.45) is 5.73 Å². The zero-order valence-electron chi connectivity index (χ0n) is 14.3. The highest BCUT2D eigenvalue weighted by molar-refractivity contribution is 7.20. The molecule has 0 bridgehead atoms. The Kier molecular flexibility index (Phi) is 4.56. The molecule has 1 aromatic heterocycles. The topological polar surface area (TPSA) is 57.4 Å². The molecule has 4 aromatic rings. The van der Waals surface area contributed by atoms with Gasteiger partial charge in [-0.15, -0.1) is 0 Å². The average molecular weight is 362 g/mol. The lowest BCUT2D eigenvalue weighted by Gasteiger charge is -2.06. The number of nitrogens with zero attached hydrogens (tertiary/aromatic N) is 1. The molecule has 0 aliphatic rings. The van der Waals surface area contributed by atoms with Gasteiger partial charge in [0.2, 0.25) is 0 Å². The van der Waals surface area contributed by atoms with E-state index in [1.165, 1.54) is 11.3 Å². The molecular formula is C21H18N2O2S. The van der Waals surface area contributed by atoms with Crippen molar-refractivity contribution in [3.63, 3.8) is 0 Å². The molecule has 4 rings (SSSR count). The fourth-order valence-electron chi connectivity index (χ4n) is 2.55. The zero-order valence-corrected chi connectivity index (χ0v) is 15.1. The van der Waals surface area contributed by atoms with Crippen molar-refractivity contribution in [1.82, 2.24) is 4.98 Å². The number of thiazole rings is 1. The summed E-state index contributed by atoms with van der Waals surface area (Å²) in [5, 5.41) is 0.610. The fraction of sp³-hybridized carbons (Fsp3) is 0.0952. The van der Waals surface area contributed by atoms with Gasteiger partial charge in [-0.1, -0.05) is 35.6 Å². The Labute approximate surface area is 155 Å². The highest BCUT2D eigenvalue weighted by Crippen LogP contribution is 2.33. The molecule has 0 amide bonds. The molecule has 0 aliphatic heterocycles. The Balaban J connectivity index is 1.49. The smallest absolute Gasteiger partial charge is 0.279 e. The number of hydrogen-bond acceptors (Lipinski definition) is 5. The van der Waals surface area contributed by atoms with Crippen LogP contribution in [0.1, 0.15) is 18.5 Å². The van der Waals surface area contributed by atoms with Crippen LogP contribution in [0.25, 0.3) is 10.2 Å². The summed E-state index contributed by atoms with van der Waals surface area (Å²) in [6, 6.07) is 23.2. The molecule has 0 spiro atoms. The highest BCUT2D eigenvalue weighted by Gasteiger charge is 2.09. The van der Waals surface area contributed by atoms with Crippen molar-refractivity contribution in [1.29, 1.82) is 0 Å². The minimum absolute atomic E-state index is 0.00280. The number of nitrogens with two attached hydrogens (primary N) is 1. The monoisotopic (exact) mass is 362 g/mol. The van der Waals surface area contributed by atoms with Gasteiger partial charge in [-0.25, -0.2) is 4.98 Å². The predicted molar refractivity (Wildman–Crippen MR) is 105 cm³/mol. The third-order valence-electron chi connectivity index (χ3n) is 3.93. The molecule has 26 heavy (non-hydrogen) atoms. The normalized spacial score (nSPS) is 12.1. The maximum atomic E-state index is 5.95. The van der Waals surface area contributed by atoms with Crippen molar-refractivity contribution in [3.05, 3.63) is 78.4 Å². The number of fused-ring (bicyclic) bond motifs is 1. The first-order chi connectivity index (χ1) is 12.7. The van der Waals surface area contributed by atoms with E-state index in [0.29, 0.717) is 5.19 Å². The molecule has 4 nitrogen and oxygen atoms in total. The van der Waals surface area contributed by atoms with Crippen LogP contribution in [-0.2, 0) is 0 Å². The standard InChI is InChI=1S/C21H18N2O2S/c1-14(22)15-7-12-19-20(13-15)26-21(23-19)25-18-10-8-17(9-11-18)24-16-5-3-2-4-6-16/h2-14H,22H2,1H3. The van der Waals surface area contributed by atoms with Crippen LogP contribution in [0.4, 0.5) is 0 Å². The molecular weight excluding hydrogens is 344 g/mol. The van der Waals surface area contributed by atoms with Crippen molar-refractivity contribution in [2.75, 3.05) is 0 Å². The maximum absolute atomic E-state index is 5.95. The van der Waals surface area contributed by atoms with Crippen molar-refractivity contribution in [2.45, 2.75) is 13.0 Å². The second kappa shape index (κ2) is 7.15. The lowest BCUT2D eigenvalue weighted by Crippen LogP contribution is -2.03. The van der Waals surface area contributed by atoms with E-state index >= 15 is 0 Å².